The Labute approximate surface area is 160 Å². The first-order chi connectivity index (χ1) is 13.2. The van der Waals surface area contributed by atoms with Crippen molar-refractivity contribution in [3.63, 3.8) is 0 Å². The molecule has 0 amide bonds. The molecule has 0 N–H and O–H groups in total. The summed E-state index contributed by atoms with van der Waals surface area (Å²) in [6, 6.07) is 10.9. The van der Waals surface area contributed by atoms with Crippen molar-refractivity contribution < 1.29 is 4.92 Å². The molecule has 0 bridgehead atoms. The molecule has 0 spiro atoms. The van der Waals surface area contributed by atoms with Crippen LogP contribution in [0.2, 0.25) is 0 Å². The predicted octanol–water partition coefficient (Wildman–Crippen LogP) is 2.01. The van der Waals surface area contributed by atoms with Gasteiger partial charge in [0, 0.05) is 48.9 Å². The monoisotopic (exact) mass is 385 g/mol. The molecule has 1 saturated heterocycles. The summed E-state index contributed by atoms with van der Waals surface area (Å²) in [4.78, 5) is 16.2. The molecule has 1 fully saturated rings. The molecule has 10 heteroatoms. The highest BCUT2D eigenvalue weighted by molar-refractivity contribution is 7.09. The summed E-state index contributed by atoms with van der Waals surface area (Å²) in [5.74, 6) is 0.868. The quantitative estimate of drug-likeness (QED) is 0.473. The van der Waals surface area contributed by atoms with Gasteiger partial charge in [-0.1, -0.05) is 6.07 Å². The van der Waals surface area contributed by atoms with Crippen molar-refractivity contribution in [3.05, 3.63) is 62.6 Å². The summed E-state index contributed by atoms with van der Waals surface area (Å²) in [6.45, 7) is 4.93. The van der Waals surface area contributed by atoms with Gasteiger partial charge in [0.25, 0.3) is 5.69 Å². The fourth-order valence-electron chi connectivity index (χ4n) is 3.16. The van der Waals surface area contributed by atoms with Crippen LogP contribution < -0.4 is 4.90 Å². The minimum absolute atomic E-state index is 0.120. The Morgan fingerprint density at radius 2 is 1.85 bits per heavy atom. The van der Waals surface area contributed by atoms with Crippen molar-refractivity contribution in [3.8, 4) is 0 Å². The van der Waals surface area contributed by atoms with Crippen LogP contribution in [-0.4, -0.2) is 56.2 Å². The third-order valence-electron chi connectivity index (χ3n) is 4.65. The Morgan fingerprint density at radius 3 is 2.52 bits per heavy atom. The summed E-state index contributed by atoms with van der Waals surface area (Å²) < 4.78 is 1.86. The molecule has 0 aliphatic carbocycles. The first-order valence-corrected chi connectivity index (χ1v) is 9.56. The number of benzene rings is 1. The molecule has 27 heavy (non-hydrogen) atoms. The molecule has 0 saturated carbocycles. The lowest BCUT2D eigenvalue weighted by atomic mass is 10.2. The van der Waals surface area contributed by atoms with Crippen LogP contribution in [0.25, 0.3) is 0 Å². The third kappa shape index (κ3) is 4.12. The van der Waals surface area contributed by atoms with E-state index in [-0.39, 0.29) is 10.6 Å². The van der Waals surface area contributed by atoms with Gasteiger partial charge in [-0.25, -0.2) is 4.68 Å². The van der Waals surface area contributed by atoms with Crippen molar-refractivity contribution in [2.75, 3.05) is 31.1 Å². The highest BCUT2D eigenvalue weighted by atomic mass is 32.1. The van der Waals surface area contributed by atoms with Crippen LogP contribution in [0.5, 0.6) is 0 Å². The van der Waals surface area contributed by atoms with Crippen molar-refractivity contribution in [2.45, 2.75) is 13.1 Å². The van der Waals surface area contributed by atoms with Crippen LogP contribution in [0.4, 0.5) is 11.4 Å². The van der Waals surface area contributed by atoms with Crippen LogP contribution >= 0.6 is 11.3 Å². The average molecular weight is 385 g/mol. The Balaban J connectivity index is 1.33. The number of hydrogen-bond donors (Lipinski definition) is 0. The number of piperazine rings is 1. The number of anilines is 1. The minimum atomic E-state index is -0.373. The zero-order valence-corrected chi connectivity index (χ0v) is 15.5. The smallest absolute Gasteiger partial charge is 0.269 e. The van der Waals surface area contributed by atoms with Gasteiger partial charge in [-0.3, -0.25) is 15.0 Å². The average Bonchev–Trinajstić information content (AvgIpc) is 3.35. The normalized spacial score (nSPS) is 15.2. The van der Waals surface area contributed by atoms with E-state index in [2.05, 4.69) is 36.8 Å². The molecule has 0 radical (unpaired) electrons. The van der Waals surface area contributed by atoms with Crippen molar-refractivity contribution in [2.24, 2.45) is 0 Å². The molecule has 140 valence electrons. The molecule has 1 aromatic carbocycles. The molecule has 4 rings (SSSR count). The van der Waals surface area contributed by atoms with Crippen LogP contribution in [-0.2, 0) is 13.1 Å². The van der Waals surface area contributed by atoms with E-state index in [0.717, 1.165) is 37.7 Å². The van der Waals surface area contributed by atoms with Gasteiger partial charge in [-0.05, 0) is 34.0 Å². The number of rotatable bonds is 6. The van der Waals surface area contributed by atoms with E-state index in [1.54, 1.807) is 23.5 Å². The summed E-state index contributed by atoms with van der Waals surface area (Å²) in [5, 5.41) is 25.0. The zero-order valence-electron chi connectivity index (χ0n) is 14.6. The van der Waals surface area contributed by atoms with E-state index in [9.17, 15) is 10.1 Å². The molecule has 3 heterocycles. The highest BCUT2D eigenvalue weighted by Crippen LogP contribution is 2.21. The molecular formula is C17H19N7O2S. The minimum Gasteiger partial charge on any atom is -0.369 e. The van der Waals surface area contributed by atoms with E-state index in [1.807, 2.05) is 22.9 Å². The third-order valence-corrected chi connectivity index (χ3v) is 5.52. The maximum atomic E-state index is 10.8. The SMILES string of the molecule is O=[N+]([O-])c1ccc(N2CCN(Cc3nnnn3Cc3cccs3)CC2)cc1. The van der Waals surface area contributed by atoms with Crippen molar-refractivity contribution >= 4 is 22.7 Å². The fourth-order valence-corrected chi connectivity index (χ4v) is 3.84. The topological polar surface area (TPSA) is 93.2 Å². The number of aromatic nitrogens is 4. The number of tetrazole rings is 1. The number of nitrogens with zero attached hydrogens (tertiary/aromatic N) is 7. The summed E-state index contributed by atoms with van der Waals surface area (Å²) in [7, 11) is 0. The number of non-ortho nitro benzene ring substituents is 1. The molecule has 9 nitrogen and oxygen atoms in total. The summed E-state index contributed by atoms with van der Waals surface area (Å²) in [6.07, 6.45) is 0. The molecule has 0 atom stereocenters. The Hall–Kier alpha value is -2.85. The van der Waals surface area contributed by atoms with E-state index < -0.39 is 0 Å². The molecule has 1 aliphatic rings. The Kier molecular flexibility index (Phi) is 5.07. The number of hydrogen-bond acceptors (Lipinski definition) is 8. The van der Waals surface area contributed by atoms with Crippen molar-refractivity contribution in [1.82, 2.24) is 25.1 Å². The second kappa shape index (κ2) is 7.80. The van der Waals surface area contributed by atoms with E-state index in [0.29, 0.717) is 13.1 Å². The van der Waals surface area contributed by atoms with Crippen LogP contribution in [0.1, 0.15) is 10.7 Å². The largest absolute Gasteiger partial charge is 0.369 e. The number of thiophene rings is 1. The number of nitro groups is 1. The first-order valence-electron chi connectivity index (χ1n) is 8.68. The van der Waals surface area contributed by atoms with Gasteiger partial charge in [-0.2, -0.15) is 0 Å². The molecular weight excluding hydrogens is 366 g/mol. The second-order valence-corrected chi connectivity index (χ2v) is 7.40. The van der Waals surface area contributed by atoms with Crippen LogP contribution in [0.15, 0.2) is 41.8 Å². The van der Waals surface area contributed by atoms with Crippen LogP contribution in [0, 0.1) is 10.1 Å². The van der Waals surface area contributed by atoms with Gasteiger partial charge in [0.15, 0.2) is 5.82 Å². The van der Waals surface area contributed by atoms with Gasteiger partial charge < -0.3 is 4.90 Å². The molecule has 0 unspecified atom stereocenters. The fraction of sp³-hybridized carbons (Fsp3) is 0.353. The van der Waals surface area contributed by atoms with E-state index in [4.69, 9.17) is 0 Å². The zero-order chi connectivity index (χ0) is 18.6. The van der Waals surface area contributed by atoms with Crippen molar-refractivity contribution in [1.29, 1.82) is 0 Å². The van der Waals surface area contributed by atoms with Gasteiger partial charge in [0.2, 0.25) is 0 Å². The summed E-state index contributed by atoms with van der Waals surface area (Å²) >= 11 is 1.70. The Bertz CT molecular complexity index is 886. The van der Waals surface area contributed by atoms with E-state index >= 15 is 0 Å². The van der Waals surface area contributed by atoms with E-state index in [1.165, 1.54) is 4.88 Å². The highest BCUT2D eigenvalue weighted by Gasteiger charge is 2.20. The lowest BCUT2D eigenvalue weighted by Gasteiger charge is -2.35. The van der Waals surface area contributed by atoms with Gasteiger partial charge >= 0.3 is 0 Å². The standard InChI is InChI=1S/C17H19N7O2S/c25-24(26)15-5-3-14(4-6-15)22-9-7-21(8-10-22)13-17-18-19-20-23(17)12-16-2-1-11-27-16/h1-6,11H,7-10,12-13H2. The lowest BCUT2D eigenvalue weighted by Crippen LogP contribution is -2.46. The molecule has 1 aliphatic heterocycles. The second-order valence-electron chi connectivity index (χ2n) is 6.37. The first kappa shape index (κ1) is 17.6. The van der Waals surface area contributed by atoms with Gasteiger partial charge in [-0.15, -0.1) is 16.4 Å². The molecule has 3 aromatic rings. The van der Waals surface area contributed by atoms with Gasteiger partial charge in [0.1, 0.15) is 0 Å². The predicted molar refractivity (Wildman–Crippen MR) is 102 cm³/mol. The summed E-state index contributed by atoms with van der Waals surface area (Å²) in [5.41, 5.74) is 1.14. The molecule has 2 aromatic heterocycles. The maximum absolute atomic E-state index is 10.8. The lowest BCUT2D eigenvalue weighted by molar-refractivity contribution is -0.384. The van der Waals surface area contributed by atoms with Gasteiger partial charge in [0.05, 0.1) is 18.0 Å². The maximum Gasteiger partial charge on any atom is 0.269 e. The van der Waals surface area contributed by atoms with Crippen LogP contribution in [0.3, 0.4) is 0 Å². The number of nitro benzene ring substituents is 1. The Morgan fingerprint density at radius 1 is 1.07 bits per heavy atom.